The molecule has 1 aromatic carbocycles. The largest absolute Gasteiger partial charge is 0.351 e. The Morgan fingerprint density at radius 1 is 1.30 bits per heavy atom. The third-order valence-corrected chi connectivity index (χ3v) is 6.93. The van der Waals surface area contributed by atoms with Crippen molar-refractivity contribution in [3.63, 3.8) is 0 Å². The number of nitrogens with one attached hydrogen (secondary N) is 1. The van der Waals surface area contributed by atoms with E-state index in [9.17, 15) is 13.2 Å². The van der Waals surface area contributed by atoms with Crippen molar-refractivity contribution < 1.29 is 13.2 Å². The Morgan fingerprint density at radius 2 is 2.00 bits per heavy atom. The molecule has 1 amide bonds. The van der Waals surface area contributed by atoms with Crippen LogP contribution in [0.2, 0.25) is 0 Å². The number of carbonyl (C=O) groups excluding carboxylic acids is 1. The fraction of sp³-hybridized carbons (Fsp3) is 0.650. The van der Waals surface area contributed by atoms with Crippen molar-refractivity contribution in [2.24, 2.45) is 5.41 Å². The van der Waals surface area contributed by atoms with Gasteiger partial charge in [-0.25, -0.2) is 8.42 Å². The number of hydrogen-bond donors (Lipinski definition) is 1. The van der Waals surface area contributed by atoms with Crippen molar-refractivity contribution in [3.05, 3.63) is 29.8 Å². The maximum atomic E-state index is 13.0. The summed E-state index contributed by atoms with van der Waals surface area (Å²) < 4.78 is 27.6. The Hall–Kier alpha value is -1.44. The Labute approximate surface area is 164 Å². The highest BCUT2D eigenvalue weighted by atomic mass is 32.2. The second kappa shape index (κ2) is 8.71. The number of nitrogens with zero attached hydrogens (tertiary/aromatic N) is 2. The van der Waals surface area contributed by atoms with Gasteiger partial charge in [0.05, 0.1) is 4.90 Å². The normalized spacial score (nSPS) is 19.3. The Kier molecular flexibility index (Phi) is 7.05. The second-order valence-corrected chi connectivity index (χ2v) is 10.5. The van der Waals surface area contributed by atoms with Crippen molar-refractivity contribution in [2.75, 3.05) is 33.7 Å². The summed E-state index contributed by atoms with van der Waals surface area (Å²) in [7, 11) is 0.419. The smallest absolute Gasteiger partial charge is 0.251 e. The zero-order valence-corrected chi connectivity index (χ0v) is 18.0. The van der Waals surface area contributed by atoms with Gasteiger partial charge < -0.3 is 10.2 Å². The summed E-state index contributed by atoms with van der Waals surface area (Å²) in [5.74, 6) is -0.245. The predicted molar refractivity (Wildman–Crippen MR) is 108 cm³/mol. The van der Waals surface area contributed by atoms with Gasteiger partial charge in [-0.1, -0.05) is 26.3 Å². The summed E-state index contributed by atoms with van der Waals surface area (Å²) in [6.45, 7) is 8.02. The molecule has 1 atom stereocenters. The van der Waals surface area contributed by atoms with Crippen LogP contribution in [0, 0.1) is 5.41 Å². The van der Waals surface area contributed by atoms with E-state index in [1.54, 1.807) is 22.5 Å². The van der Waals surface area contributed by atoms with Gasteiger partial charge in [-0.2, -0.15) is 4.31 Å². The molecular formula is C20H33N3O3S. The van der Waals surface area contributed by atoms with Crippen LogP contribution in [0.4, 0.5) is 0 Å². The fourth-order valence-corrected chi connectivity index (χ4v) is 5.44. The van der Waals surface area contributed by atoms with Gasteiger partial charge in [0, 0.05) is 31.2 Å². The second-order valence-electron chi connectivity index (χ2n) is 8.57. The van der Waals surface area contributed by atoms with E-state index in [0.717, 1.165) is 25.8 Å². The van der Waals surface area contributed by atoms with Crippen LogP contribution in [-0.4, -0.2) is 63.3 Å². The van der Waals surface area contributed by atoms with Gasteiger partial charge in [-0.05, 0) is 57.5 Å². The minimum absolute atomic E-state index is 0.00642. The molecule has 2 rings (SSSR count). The summed E-state index contributed by atoms with van der Waals surface area (Å²) in [4.78, 5) is 14.8. The molecule has 0 aliphatic carbocycles. The molecule has 0 aromatic heterocycles. The molecule has 0 saturated carbocycles. The lowest BCUT2D eigenvalue weighted by molar-refractivity contribution is 0.0929. The van der Waals surface area contributed by atoms with Crippen LogP contribution in [-0.2, 0) is 10.0 Å². The minimum Gasteiger partial charge on any atom is -0.351 e. The molecule has 1 aliphatic rings. The fourth-order valence-electron chi connectivity index (χ4n) is 3.70. The first kappa shape index (κ1) is 21.9. The summed E-state index contributed by atoms with van der Waals surface area (Å²) in [5.41, 5.74) is 0.299. The first-order chi connectivity index (χ1) is 12.5. The molecule has 1 fully saturated rings. The van der Waals surface area contributed by atoms with E-state index in [4.69, 9.17) is 0 Å². The van der Waals surface area contributed by atoms with Gasteiger partial charge in [0.15, 0.2) is 0 Å². The van der Waals surface area contributed by atoms with Crippen LogP contribution in [0.15, 0.2) is 29.2 Å². The van der Waals surface area contributed by atoms with E-state index in [-0.39, 0.29) is 22.3 Å². The Bertz CT molecular complexity index is 759. The van der Waals surface area contributed by atoms with E-state index < -0.39 is 10.0 Å². The van der Waals surface area contributed by atoms with Crippen LogP contribution >= 0.6 is 0 Å². The van der Waals surface area contributed by atoms with Gasteiger partial charge >= 0.3 is 0 Å². The zero-order valence-electron chi connectivity index (χ0n) is 17.2. The summed E-state index contributed by atoms with van der Waals surface area (Å²) in [6, 6.07) is 6.36. The third-order valence-electron chi connectivity index (χ3n) is 4.92. The number of rotatable bonds is 7. The molecule has 152 valence electrons. The molecule has 0 radical (unpaired) electrons. The minimum atomic E-state index is -3.58. The van der Waals surface area contributed by atoms with E-state index in [2.05, 4.69) is 24.1 Å². The van der Waals surface area contributed by atoms with Gasteiger partial charge in [0.2, 0.25) is 10.0 Å². The Morgan fingerprint density at radius 3 is 2.63 bits per heavy atom. The molecule has 0 spiro atoms. The highest BCUT2D eigenvalue weighted by molar-refractivity contribution is 7.89. The molecule has 1 heterocycles. The monoisotopic (exact) mass is 395 g/mol. The molecule has 1 aliphatic heterocycles. The topological polar surface area (TPSA) is 69.7 Å². The number of hydrogen-bond acceptors (Lipinski definition) is 4. The molecule has 27 heavy (non-hydrogen) atoms. The molecule has 1 saturated heterocycles. The molecule has 1 aromatic rings. The van der Waals surface area contributed by atoms with Crippen molar-refractivity contribution >= 4 is 15.9 Å². The maximum absolute atomic E-state index is 13.0. The number of benzene rings is 1. The van der Waals surface area contributed by atoms with Gasteiger partial charge in [0.1, 0.15) is 0 Å². The number of carbonyl (C=O) groups is 1. The van der Waals surface area contributed by atoms with Crippen LogP contribution in [0.25, 0.3) is 0 Å². The van der Waals surface area contributed by atoms with Crippen molar-refractivity contribution in [1.82, 2.24) is 14.5 Å². The van der Waals surface area contributed by atoms with Gasteiger partial charge in [-0.15, -0.1) is 0 Å². The van der Waals surface area contributed by atoms with Crippen LogP contribution < -0.4 is 5.32 Å². The maximum Gasteiger partial charge on any atom is 0.251 e. The quantitative estimate of drug-likeness (QED) is 0.770. The van der Waals surface area contributed by atoms with Gasteiger partial charge in [-0.3, -0.25) is 4.79 Å². The highest BCUT2D eigenvalue weighted by Crippen LogP contribution is 2.25. The number of sulfonamides is 1. The lowest BCUT2D eigenvalue weighted by atomic mass is 9.93. The molecule has 7 heteroatoms. The summed E-state index contributed by atoms with van der Waals surface area (Å²) >= 11 is 0. The zero-order chi connectivity index (χ0) is 20.2. The average molecular weight is 396 g/mol. The lowest BCUT2D eigenvalue weighted by Gasteiger charge is -2.32. The van der Waals surface area contributed by atoms with Crippen molar-refractivity contribution in [1.29, 1.82) is 0 Å². The Balaban J connectivity index is 2.13. The van der Waals surface area contributed by atoms with E-state index >= 15 is 0 Å². The molecule has 1 N–H and O–H groups in total. The van der Waals surface area contributed by atoms with Crippen LogP contribution in [0.3, 0.4) is 0 Å². The molecule has 6 nitrogen and oxygen atoms in total. The first-order valence-electron chi connectivity index (χ1n) is 9.58. The number of amides is 1. The predicted octanol–water partition coefficient (Wildman–Crippen LogP) is 2.57. The van der Waals surface area contributed by atoms with E-state index in [1.807, 2.05) is 21.0 Å². The van der Waals surface area contributed by atoms with Crippen LogP contribution in [0.1, 0.15) is 50.4 Å². The molecule has 1 unspecified atom stereocenters. The molecular weight excluding hydrogens is 362 g/mol. The van der Waals surface area contributed by atoms with E-state index in [1.165, 1.54) is 6.07 Å². The average Bonchev–Trinajstić information content (AvgIpc) is 2.59. The van der Waals surface area contributed by atoms with Crippen LogP contribution in [0.5, 0.6) is 0 Å². The standard InChI is InChI=1S/C20H33N3O3S/c1-16-9-6-7-12-23(16)27(25,26)18-11-8-10-17(13-18)19(24)21-14-20(2,3)15-22(4)5/h8,10-11,13,16H,6-7,9,12,14-15H2,1-5H3,(H,21,24). The van der Waals surface area contributed by atoms with Gasteiger partial charge in [0.25, 0.3) is 5.91 Å². The highest BCUT2D eigenvalue weighted by Gasteiger charge is 2.31. The third kappa shape index (κ3) is 5.77. The number of piperidine rings is 1. The summed E-state index contributed by atoms with van der Waals surface area (Å²) in [6.07, 6.45) is 2.81. The van der Waals surface area contributed by atoms with Crippen molar-refractivity contribution in [2.45, 2.75) is 51.0 Å². The van der Waals surface area contributed by atoms with E-state index in [0.29, 0.717) is 18.7 Å². The first-order valence-corrected chi connectivity index (χ1v) is 11.0. The summed E-state index contributed by atoms with van der Waals surface area (Å²) in [5, 5.41) is 2.94. The molecule has 0 bridgehead atoms. The van der Waals surface area contributed by atoms with Crippen molar-refractivity contribution in [3.8, 4) is 0 Å². The lowest BCUT2D eigenvalue weighted by Crippen LogP contribution is -2.42. The SMILES string of the molecule is CC1CCCCN1S(=O)(=O)c1cccc(C(=O)NCC(C)(C)CN(C)C)c1.